The third-order valence-electron chi connectivity index (χ3n) is 3.08. The number of aryl methyl sites for hydroxylation is 1. The first-order chi connectivity index (χ1) is 9.65. The van der Waals surface area contributed by atoms with Crippen LogP contribution in [0.4, 0.5) is 0 Å². The van der Waals surface area contributed by atoms with Crippen LogP contribution in [-0.4, -0.2) is 30.3 Å². The van der Waals surface area contributed by atoms with Gasteiger partial charge in [0.2, 0.25) is 10.0 Å². The number of rotatable bonds is 5. The maximum atomic E-state index is 12.0. The second-order valence-corrected chi connectivity index (χ2v) is 7.35. The Labute approximate surface area is 122 Å². The number of sulfonamides is 1. The molecule has 20 heavy (non-hydrogen) atoms. The molecule has 1 aromatic carbocycles. The van der Waals surface area contributed by atoms with E-state index in [9.17, 15) is 8.42 Å². The summed E-state index contributed by atoms with van der Waals surface area (Å²) in [7, 11) is -3.42. The Morgan fingerprint density at radius 2 is 2.10 bits per heavy atom. The molecule has 0 radical (unpaired) electrons. The minimum absolute atomic E-state index is 0.294. The van der Waals surface area contributed by atoms with Crippen molar-refractivity contribution in [3.63, 3.8) is 0 Å². The van der Waals surface area contributed by atoms with Crippen molar-refractivity contribution in [3.05, 3.63) is 42.2 Å². The standard InChI is InChI=1S/C13H15N3O2S2/c17-20(18,12-4-2-1-3-5-12)14-7-6-11-10-16-8-9-19-13(16)15-11/h1-5,10,14H,6-9H2. The smallest absolute Gasteiger partial charge is 0.240 e. The third kappa shape index (κ3) is 2.89. The fourth-order valence-corrected chi connectivity index (χ4v) is 4.09. The molecular weight excluding hydrogens is 294 g/mol. The summed E-state index contributed by atoms with van der Waals surface area (Å²) in [5.74, 6) is 1.07. The van der Waals surface area contributed by atoms with Crippen LogP contribution in [-0.2, 0) is 23.0 Å². The molecule has 0 unspecified atom stereocenters. The van der Waals surface area contributed by atoms with Gasteiger partial charge >= 0.3 is 0 Å². The van der Waals surface area contributed by atoms with Crippen molar-refractivity contribution in [2.75, 3.05) is 12.3 Å². The van der Waals surface area contributed by atoms with Crippen molar-refractivity contribution in [3.8, 4) is 0 Å². The van der Waals surface area contributed by atoms with Gasteiger partial charge in [0, 0.05) is 31.5 Å². The monoisotopic (exact) mass is 309 g/mol. The number of hydrogen-bond acceptors (Lipinski definition) is 4. The predicted molar refractivity (Wildman–Crippen MR) is 78.3 cm³/mol. The molecule has 0 spiro atoms. The molecule has 0 saturated carbocycles. The van der Waals surface area contributed by atoms with Crippen LogP contribution in [0, 0.1) is 0 Å². The molecule has 0 atom stereocenters. The van der Waals surface area contributed by atoms with E-state index in [4.69, 9.17) is 0 Å². The van der Waals surface area contributed by atoms with Gasteiger partial charge < -0.3 is 4.57 Å². The molecule has 7 heteroatoms. The van der Waals surface area contributed by atoms with Crippen LogP contribution >= 0.6 is 11.8 Å². The molecule has 5 nitrogen and oxygen atoms in total. The number of fused-ring (bicyclic) bond motifs is 1. The van der Waals surface area contributed by atoms with Crippen LogP contribution in [0.25, 0.3) is 0 Å². The molecule has 106 valence electrons. The Morgan fingerprint density at radius 3 is 2.85 bits per heavy atom. The Balaban J connectivity index is 1.59. The minimum Gasteiger partial charge on any atom is -0.325 e. The van der Waals surface area contributed by atoms with Crippen molar-refractivity contribution < 1.29 is 8.42 Å². The highest BCUT2D eigenvalue weighted by molar-refractivity contribution is 7.99. The molecule has 0 saturated heterocycles. The number of imidazole rings is 1. The molecule has 3 rings (SSSR count). The first kappa shape index (κ1) is 13.7. The number of hydrogen-bond donors (Lipinski definition) is 1. The Morgan fingerprint density at radius 1 is 1.30 bits per heavy atom. The van der Waals surface area contributed by atoms with E-state index in [0.29, 0.717) is 17.9 Å². The van der Waals surface area contributed by atoms with Crippen LogP contribution in [0.5, 0.6) is 0 Å². The second kappa shape index (κ2) is 5.59. The van der Waals surface area contributed by atoms with E-state index in [1.165, 1.54) is 0 Å². The molecule has 2 aromatic rings. The number of nitrogens with zero attached hydrogens (tertiary/aromatic N) is 2. The number of thioether (sulfide) groups is 1. The van der Waals surface area contributed by atoms with Crippen molar-refractivity contribution in [2.45, 2.75) is 23.0 Å². The lowest BCUT2D eigenvalue weighted by Gasteiger charge is -2.05. The van der Waals surface area contributed by atoms with E-state index in [2.05, 4.69) is 14.3 Å². The van der Waals surface area contributed by atoms with E-state index < -0.39 is 10.0 Å². The summed E-state index contributed by atoms with van der Waals surface area (Å²) >= 11 is 1.74. The summed E-state index contributed by atoms with van der Waals surface area (Å²) in [5.41, 5.74) is 0.933. The van der Waals surface area contributed by atoms with Gasteiger partial charge in [-0.05, 0) is 12.1 Å². The van der Waals surface area contributed by atoms with Gasteiger partial charge in [-0.3, -0.25) is 0 Å². The normalized spacial score (nSPS) is 14.4. The Bertz CT molecular complexity index is 674. The third-order valence-corrected chi connectivity index (χ3v) is 5.53. The van der Waals surface area contributed by atoms with Gasteiger partial charge in [-0.1, -0.05) is 30.0 Å². The van der Waals surface area contributed by atoms with Gasteiger partial charge in [-0.15, -0.1) is 0 Å². The molecule has 1 aliphatic rings. The summed E-state index contributed by atoms with van der Waals surface area (Å²) < 4.78 is 28.8. The maximum absolute atomic E-state index is 12.0. The average molecular weight is 309 g/mol. The number of benzene rings is 1. The lowest BCUT2D eigenvalue weighted by Crippen LogP contribution is -2.26. The van der Waals surface area contributed by atoms with Gasteiger partial charge in [-0.2, -0.15) is 0 Å². The van der Waals surface area contributed by atoms with Gasteiger partial charge in [-0.25, -0.2) is 18.1 Å². The van der Waals surface area contributed by atoms with Crippen LogP contribution in [0.3, 0.4) is 0 Å². The molecule has 0 bridgehead atoms. The van der Waals surface area contributed by atoms with Crippen molar-refractivity contribution in [2.24, 2.45) is 0 Å². The quantitative estimate of drug-likeness (QED) is 0.909. The Kier molecular flexibility index (Phi) is 3.82. The van der Waals surface area contributed by atoms with E-state index >= 15 is 0 Å². The van der Waals surface area contributed by atoms with Gasteiger partial charge in [0.25, 0.3) is 0 Å². The summed E-state index contributed by atoms with van der Waals surface area (Å²) in [5, 5.41) is 1.03. The molecular formula is C13H15N3O2S2. The van der Waals surface area contributed by atoms with Crippen LogP contribution in [0.15, 0.2) is 46.6 Å². The first-order valence-corrected chi connectivity index (χ1v) is 8.85. The first-order valence-electron chi connectivity index (χ1n) is 6.39. The molecule has 1 aliphatic heterocycles. The zero-order valence-electron chi connectivity index (χ0n) is 10.8. The summed E-state index contributed by atoms with van der Waals surface area (Å²) in [6.07, 6.45) is 2.61. The topological polar surface area (TPSA) is 64.0 Å². The van der Waals surface area contributed by atoms with Gasteiger partial charge in [0.1, 0.15) is 0 Å². The number of nitrogens with one attached hydrogen (secondary N) is 1. The highest BCUT2D eigenvalue weighted by Crippen LogP contribution is 2.24. The molecule has 0 aliphatic carbocycles. The highest BCUT2D eigenvalue weighted by atomic mass is 32.2. The van der Waals surface area contributed by atoms with Gasteiger partial charge in [0.05, 0.1) is 10.6 Å². The zero-order chi connectivity index (χ0) is 14.0. The van der Waals surface area contributed by atoms with E-state index in [0.717, 1.165) is 23.1 Å². The molecule has 0 fully saturated rings. The van der Waals surface area contributed by atoms with Crippen molar-refractivity contribution >= 4 is 21.8 Å². The summed E-state index contributed by atoms with van der Waals surface area (Å²) in [6.45, 7) is 1.35. The average Bonchev–Trinajstić information content (AvgIpc) is 3.00. The molecule has 0 amide bonds. The SMILES string of the molecule is O=S(=O)(NCCc1cn2c(n1)SCC2)c1ccccc1. The lowest BCUT2D eigenvalue weighted by molar-refractivity contribution is 0.581. The lowest BCUT2D eigenvalue weighted by atomic mass is 10.3. The second-order valence-electron chi connectivity index (χ2n) is 4.52. The zero-order valence-corrected chi connectivity index (χ0v) is 12.5. The molecule has 1 aromatic heterocycles. The summed E-state index contributed by atoms with van der Waals surface area (Å²) in [6, 6.07) is 8.40. The highest BCUT2D eigenvalue weighted by Gasteiger charge is 2.16. The van der Waals surface area contributed by atoms with Crippen LogP contribution < -0.4 is 4.72 Å². The van der Waals surface area contributed by atoms with Crippen LogP contribution in [0.1, 0.15) is 5.69 Å². The van der Waals surface area contributed by atoms with E-state index in [1.807, 2.05) is 6.20 Å². The fourth-order valence-electron chi connectivity index (χ4n) is 2.08. The van der Waals surface area contributed by atoms with Crippen molar-refractivity contribution in [1.82, 2.24) is 14.3 Å². The van der Waals surface area contributed by atoms with Crippen molar-refractivity contribution in [1.29, 1.82) is 0 Å². The maximum Gasteiger partial charge on any atom is 0.240 e. The fraction of sp³-hybridized carbons (Fsp3) is 0.308. The predicted octanol–water partition coefficient (Wildman–Crippen LogP) is 1.51. The largest absolute Gasteiger partial charge is 0.325 e. The van der Waals surface area contributed by atoms with Crippen LogP contribution in [0.2, 0.25) is 0 Å². The Hall–Kier alpha value is -1.31. The molecule has 1 N–H and O–H groups in total. The van der Waals surface area contributed by atoms with Gasteiger partial charge in [0.15, 0.2) is 5.16 Å². The molecule has 2 heterocycles. The minimum atomic E-state index is -3.42. The number of aromatic nitrogens is 2. The summed E-state index contributed by atoms with van der Waals surface area (Å²) in [4.78, 5) is 4.77. The van der Waals surface area contributed by atoms with E-state index in [1.54, 1.807) is 42.1 Å². The van der Waals surface area contributed by atoms with E-state index in [-0.39, 0.29) is 0 Å².